The van der Waals surface area contributed by atoms with Crippen molar-refractivity contribution in [2.45, 2.75) is 25.9 Å². The first-order valence-corrected chi connectivity index (χ1v) is 6.16. The number of carbonyl (C=O) groups is 1. The van der Waals surface area contributed by atoms with Crippen molar-refractivity contribution in [3.8, 4) is 5.75 Å². The Hall–Kier alpha value is -1.55. The SMILES string of the molecule is CC(=O)N1CCC(O)(COc2cccc(C)c2)C1. The molecule has 2 rings (SSSR count). The van der Waals surface area contributed by atoms with Crippen LogP contribution >= 0.6 is 0 Å². The van der Waals surface area contributed by atoms with Gasteiger partial charge in [0.25, 0.3) is 0 Å². The molecule has 1 saturated heterocycles. The van der Waals surface area contributed by atoms with Crippen LogP contribution in [0.4, 0.5) is 0 Å². The van der Waals surface area contributed by atoms with Crippen LogP contribution in [0.2, 0.25) is 0 Å². The van der Waals surface area contributed by atoms with Crippen molar-refractivity contribution in [1.29, 1.82) is 0 Å². The zero-order valence-electron chi connectivity index (χ0n) is 10.8. The molecule has 0 saturated carbocycles. The molecule has 1 amide bonds. The van der Waals surface area contributed by atoms with E-state index < -0.39 is 5.60 Å². The van der Waals surface area contributed by atoms with Gasteiger partial charge in [0, 0.05) is 13.5 Å². The number of hydrogen-bond donors (Lipinski definition) is 1. The fourth-order valence-electron chi connectivity index (χ4n) is 2.17. The summed E-state index contributed by atoms with van der Waals surface area (Å²) in [7, 11) is 0. The van der Waals surface area contributed by atoms with E-state index in [-0.39, 0.29) is 12.5 Å². The second-order valence-electron chi connectivity index (χ2n) is 5.02. The van der Waals surface area contributed by atoms with Crippen molar-refractivity contribution in [3.05, 3.63) is 29.8 Å². The van der Waals surface area contributed by atoms with Crippen LogP contribution in [0.1, 0.15) is 18.9 Å². The van der Waals surface area contributed by atoms with Crippen LogP contribution in [0, 0.1) is 6.92 Å². The van der Waals surface area contributed by atoms with Gasteiger partial charge >= 0.3 is 0 Å². The summed E-state index contributed by atoms with van der Waals surface area (Å²) in [6.45, 7) is 4.69. The van der Waals surface area contributed by atoms with Crippen molar-refractivity contribution >= 4 is 5.91 Å². The number of ether oxygens (including phenoxy) is 1. The number of benzene rings is 1. The standard InChI is InChI=1S/C14H19NO3/c1-11-4-3-5-13(8-11)18-10-14(17)6-7-15(9-14)12(2)16/h3-5,8,17H,6-7,9-10H2,1-2H3. The molecule has 1 aliphatic rings. The van der Waals surface area contributed by atoms with Gasteiger partial charge in [-0.1, -0.05) is 12.1 Å². The lowest BCUT2D eigenvalue weighted by Gasteiger charge is -2.23. The zero-order valence-corrected chi connectivity index (χ0v) is 10.8. The van der Waals surface area contributed by atoms with E-state index in [1.807, 2.05) is 31.2 Å². The van der Waals surface area contributed by atoms with Crippen LogP contribution in [-0.4, -0.2) is 41.2 Å². The second-order valence-corrected chi connectivity index (χ2v) is 5.02. The molecule has 1 N–H and O–H groups in total. The van der Waals surface area contributed by atoms with Gasteiger partial charge in [0.1, 0.15) is 18.0 Å². The summed E-state index contributed by atoms with van der Waals surface area (Å²) in [5.41, 5.74) is 0.200. The van der Waals surface area contributed by atoms with E-state index in [4.69, 9.17) is 4.74 Å². The van der Waals surface area contributed by atoms with Gasteiger partial charge in [-0.2, -0.15) is 0 Å². The predicted octanol–water partition coefficient (Wildman–Crippen LogP) is 1.36. The van der Waals surface area contributed by atoms with Crippen molar-refractivity contribution in [2.75, 3.05) is 19.7 Å². The van der Waals surface area contributed by atoms with Gasteiger partial charge in [0.15, 0.2) is 0 Å². The Balaban J connectivity index is 1.92. The highest BCUT2D eigenvalue weighted by Gasteiger charge is 2.37. The lowest BCUT2D eigenvalue weighted by molar-refractivity contribution is -0.129. The first kappa shape index (κ1) is 12.9. The molecule has 1 unspecified atom stereocenters. The molecule has 0 spiro atoms. The van der Waals surface area contributed by atoms with Crippen molar-refractivity contribution in [1.82, 2.24) is 4.90 Å². The Morgan fingerprint density at radius 1 is 1.56 bits per heavy atom. The molecule has 0 aromatic heterocycles. The Kier molecular flexibility index (Phi) is 3.57. The molecule has 0 bridgehead atoms. The third-order valence-corrected chi connectivity index (χ3v) is 3.27. The van der Waals surface area contributed by atoms with Crippen LogP contribution in [0.15, 0.2) is 24.3 Å². The summed E-state index contributed by atoms with van der Waals surface area (Å²) < 4.78 is 5.61. The number of likely N-dealkylation sites (tertiary alicyclic amines) is 1. The first-order chi connectivity index (χ1) is 8.48. The molecule has 1 aliphatic heterocycles. The number of aliphatic hydroxyl groups is 1. The molecule has 1 heterocycles. The van der Waals surface area contributed by atoms with Gasteiger partial charge in [-0.15, -0.1) is 0 Å². The van der Waals surface area contributed by atoms with Gasteiger partial charge < -0.3 is 14.7 Å². The molecule has 1 atom stereocenters. The van der Waals surface area contributed by atoms with Gasteiger partial charge in [-0.25, -0.2) is 0 Å². The maximum Gasteiger partial charge on any atom is 0.219 e. The predicted molar refractivity (Wildman–Crippen MR) is 68.5 cm³/mol. The molecular formula is C14H19NO3. The number of hydrogen-bond acceptors (Lipinski definition) is 3. The normalized spacial score (nSPS) is 23.2. The first-order valence-electron chi connectivity index (χ1n) is 6.16. The number of aryl methyl sites for hydroxylation is 1. The molecule has 0 aliphatic carbocycles. The smallest absolute Gasteiger partial charge is 0.219 e. The highest BCUT2D eigenvalue weighted by atomic mass is 16.5. The Morgan fingerprint density at radius 2 is 2.33 bits per heavy atom. The largest absolute Gasteiger partial charge is 0.491 e. The van der Waals surface area contributed by atoms with Crippen LogP contribution < -0.4 is 4.74 Å². The molecule has 18 heavy (non-hydrogen) atoms. The van der Waals surface area contributed by atoms with Gasteiger partial charge in [-0.05, 0) is 31.0 Å². The van der Waals surface area contributed by atoms with Crippen molar-refractivity contribution in [2.24, 2.45) is 0 Å². The second kappa shape index (κ2) is 4.98. The summed E-state index contributed by atoms with van der Waals surface area (Å²) >= 11 is 0. The molecule has 1 aromatic rings. The number of rotatable bonds is 3. The fraction of sp³-hybridized carbons (Fsp3) is 0.500. The summed E-state index contributed by atoms with van der Waals surface area (Å²) in [5.74, 6) is 0.756. The third kappa shape index (κ3) is 3.01. The van der Waals surface area contributed by atoms with E-state index in [1.54, 1.807) is 4.90 Å². The van der Waals surface area contributed by atoms with E-state index in [0.717, 1.165) is 11.3 Å². The van der Waals surface area contributed by atoms with E-state index in [0.29, 0.717) is 19.5 Å². The number of β-amino-alcohol motifs (C(OH)–C–C–N with tert-alkyl or cyclic N) is 1. The van der Waals surface area contributed by atoms with E-state index in [1.165, 1.54) is 6.92 Å². The Bertz CT molecular complexity index is 446. The molecular weight excluding hydrogens is 230 g/mol. The van der Waals surface area contributed by atoms with Gasteiger partial charge in [0.2, 0.25) is 5.91 Å². The highest BCUT2D eigenvalue weighted by Crippen LogP contribution is 2.23. The zero-order chi connectivity index (χ0) is 13.2. The van der Waals surface area contributed by atoms with Crippen molar-refractivity contribution < 1.29 is 14.6 Å². The summed E-state index contributed by atoms with van der Waals surface area (Å²) in [6.07, 6.45) is 0.568. The number of amides is 1. The minimum absolute atomic E-state index is 0.00137. The van der Waals surface area contributed by atoms with Crippen LogP contribution in [0.5, 0.6) is 5.75 Å². The molecule has 4 nitrogen and oxygen atoms in total. The van der Waals surface area contributed by atoms with Crippen LogP contribution in [-0.2, 0) is 4.79 Å². The summed E-state index contributed by atoms with van der Waals surface area (Å²) in [5, 5.41) is 10.3. The maximum absolute atomic E-state index is 11.2. The monoisotopic (exact) mass is 249 g/mol. The lowest BCUT2D eigenvalue weighted by Crippen LogP contribution is -2.40. The molecule has 0 radical (unpaired) electrons. The third-order valence-electron chi connectivity index (χ3n) is 3.27. The molecule has 1 aromatic carbocycles. The molecule has 1 fully saturated rings. The van der Waals surface area contributed by atoms with Crippen LogP contribution in [0.25, 0.3) is 0 Å². The van der Waals surface area contributed by atoms with E-state index in [2.05, 4.69) is 0 Å². The Morgan fingerprint density at radius 3 is 2.94 bits per heavy atom. The summed E-state index contributed by atoms with van der Waals surface area (Å²) in [6, 6.07) is 7.72. The average Bonchev–Trinajstić information content (AvgIpc) is 2.71. The van der Waals surface area contributed by atoms with E-state index >= 15 is 0 Å². The molecule has 98 valence electrons. The highest BCUT2D eigenvalue weighted by molar-refractivity contribution is 5.73. The average molecular weight is 249 g/mol. The number of nitrogens with zero attached hydrogens (tertiary/aromatic N) is 1. The fourth-order valence-corrected chi connectivity index (χ4v) is 2.17. The van der Waals surface area contributed by atoms with Crippen LogP contribution in [0.3, 0.4) is 0 Å². The van der Waals surface area contributed by atoms with Crippen molar-refractivity contribution in [3.63, 3.8) is 0 Å². The topological polar surface area (TPSA) is 49.8 Å². The molecule has 4 heteroatoms. The Labute approximate surface area is 107 Å². The minimum Gasteiger partial charge on any atom is -0.491 e. The van der Waals surface area contributed by atoms with E-state index in [9.17, 15) is 9.90 Å². The number of carbonyl (C=O) groups excluding carboxylic acids is 1. The lowest BCUT2D eigenvalue weighted by atomic mass is 10.1. The van der Waals surface area contributed by atoms with Gasteiger partial charge in [0.05, 0.1) is 6.54 Å². The maximum atomic E-state index is 11.2. The summed E-state index contributed by atoms with van der Waals surface area (Å²) in [4.78, 5) is 12.9. The van der Waals surface area contributed by atoms with Gasteiger partial charge in [-0.3, -0.25) is 4.79 Å². The minimum atomic E-state index is -0.921. The quantitative estimate of drug-likeness (QED) is 0.880.